The van der Waals surface area contributed by atoms with Gasteiger partial charge >= 0.3 is 11.8 Å². The fourth-order valence-corrected chi connectivity index (χ4v) is 1.64. The second kappa shape index (κ2) is 8.27. The van der Waals surface area contributed by atoms with Gasteiger partial charge in [-0.25, -0.2) is 0 Å². The van der Waals surface area contributed by atoms with Gasteiger partial charge in [-0.2, -0.15) is 0 Å². The number of aryl methyl sites for hydroxylation is 1. The van der Waals surface area contributed by atoms with Gasteiger partial charge in [0, 0.05) is 5.69 Å². The zero-order chi connectivity index (χ0) is 15.0. The van der Waals surface area contributed by atoms with Gasteiger partial charge in [0.15, 0.2) is 0 Å². The van der Waals surface area contributed by atoms with Crippen molar-refractivity contribution in [2.24, 2.45) is 5.73 Å². The molecule has 0 saturated carbocycles. The molecular weight excluding hydrogens is 274 g/mol. The lowest BCUT2D eigenvalue weighted by atomic mass is 10.1. The summed E-state index contributed by atoms with van der Waals surface area (Å²) in [5.74, 6) is -1.49. The maximum atomic E-state index is 11.6. The Morgan fingerprint density at radius 1 is 1.20 bits per heavy atom. The molecule has 0 spiro atoms. The highest BCUT2D eigenvalue weighted by Gasteiger charge is 2.13. The molecule has 0 aliphatic heterocycles. The van der Waals surface area contributed by atoms with E-state index in [-0.39, 0.29) is 11.5 Å². The second-order valence-corrected chi connectivity index (χ2v) is 4.93. The quantitative estimate of drug-likeness (QED) is 0.546. The van der Waals surface area contributed by atoms with Gasteiger partial charge in [0.1, 0.15) is 0 Å². The van der Waals surface area contributed by atoms with E-state index in [1.807, 2.05) is 12.1 Å². The van der Waals surface area contributed by atoms with E-state index < -0.39 is 11.8 Å². The van der Waals surface area contributed by atoms with Gasteiger partial charge in [0.2, 0.25) is 0 Å². The Morgan fingerprint density at radius 2 is 1.85 bits per heavy atom. The van der Waals surface area contributed by atoms with Crippen molar-refractivity contribution < 1.29 is 9.59 Å². The number of thiocarbonyl (C=S) groups is 1. The van der Waals surface area contributed by atoms with Crippen molar-refractivity contribution in [2.45, 2.75) is 26.2 Å². The molecule has 0 aromatic heterocycles. The molecule has 1 aromatic rings. The Kier molecular flexibility index (Phi) is 6.66. The number of carbonyl (C=O) groups excluding carboxylic acids is 2. The Balaban J connectivity index is 2.49. The molecule has 0 atom stereocenters. The van der Waals surface area contributed by atoms with Crippen molar-refractivity contribution in [2.75, 3.05) is 11.9 Å². The van der Waals surface area contributed by atoms with Gasteiger partial charge in [0.25, 0.3) is 0 Å². The number of hydrogen-bond donors (Lipinski definition) is 3. The second-order valence-electron chi connectivity index (χ2n) is 4.40. The summed E-state index contributed by atoms with van der Waals surface area (Å²) in [6.07, 6.45) is 3.29. The summed E-state index contributed by atoms with van der Waals surface area (Å²) < 4.78 is 0. The van der Waals surface area contributed by atoms with E-state index in [0.717, 1.165) is 19.3 Å². The number of nitrogens with two attached hydrogens (primary N) is 1. The summed E-state index contributed by atoms with van der Waals surface area (Å²) >= 11 is 4.61. The number of nitrogens with one attached hydrogen (secondary N) is 2. The van der Waals surface area contributed by atoms with E-state index in [9.17, 15) is 9.59 Å². The number of unbranched alkanes of at least 4 members (excludes halogenated alkanes) is 1. The van der Waals surface area contributed by atoms with Crippen LogP contribution in [-0.4, -0.2) is 23.3 Å². The van der Waals surface area contributed by atoms with Gasteiger partial charge in [-0.15, -0.1) is 0 Å². The molecule has 0 unspecified atom stereocenters. The Labute approximate surface area is 123 Å². The van der Waals surface area contributed by atoms with Gasteiger partial charge in [-0.1, -0.05) is 37.7 Å². The van der Waals surface area contributed by atoms with Gasteiger partial charge in [0.05, 0.1) is 11.5 Å². The Bertz CT molecular complexity index is 486. The molecule has 0 aliphatic carbocycles. The number of amides is 2. The zero-order valence-corrected chi connectivity index (χ0v) is 12.3. The third-order valence-corrected chi connectivity index (χ3v) is 2.80. The molecule has 108 valence electrons. The summed E-state index contributed by atoms with van der Waals surface area (Å²) in [5.41, 5.74) is 7.03. The highest BCUT2D eigenvalue weighted by molar-refractivity contribution is 7.80. The van der Waals surface area contributed by atoms with Crippen molar-refractivity contribution in [1.29, 1.82) is 0 Å². The van der Waals surface area contributed by atoms with Gasteiger partial charge in [-0.05, 0) is 30.5 Å². The molecule has 4 N–H and O–H groups in total. The van der Waals surface area contributed by atoms with Crippen molar-refractivity contribution in [1.82, 2.24) is 5.32 Å². The average molecular weight is 293 g/mol. The van der Waals surface area contributed by atoms with E-state index in [2.05, 4.69) is 29.8 Å². The first-order valence-electron chi connectivity index (χ1n) is 6.49. The Hall–Kier alpha value is -1.95. The number of carbonyl (C=O) groups is 2. The summed E-state index contributed by atoms with van der Waals surface area (Å²) in [4.78, 5) is 23.1. The van der Waals surface area contributed by atoms with Crippen LogP contribution in [0, 0.1) is 0 Å². The predicted octanol–water partition coefficient (Wildman–Crippen LogP) is 1.37. The van der Waals surface area contributed by atoms with E-state index in [0.29, 0.717) is 5.69 Å². The smallest absolute Gasteiger partial charge is 0.313 e. The monoisotopic (exact) mass is 293 g/mol. The van der Waals surface area contributed by atoms with Crippen LogP contribution in [0.1, 0.15) is 25.3 Å². The molecule has 0 heterocycles. The normalized spacial score (nSPS) is 9.85. The van der Waals surface area contributed by atoms with Gasteiger partial charge in [-0.3, -0.25) is 9.59 Å². The van der Waals surface area contributed by atoms with Crippen LogP contribution >= 0.6 is 12.2 Å². The average Bonchev–Trinajstić information content (AvgIpc) is 2.43. The standard InChI is InChI=1S/C14H19N3O2S/c1-2-3-4-10-5-7-11(8-6-10)17-14(19)13(18)16-9-12(15)20/h5-8H,2-4,9H2,1H3,(H2,15,20)(H,16,18)(H,17,19). The highest BCUT2D eigenvalue weighted by atomic mass is 32.1. The summed E-state index contributed by atoms with van der Waals surface area (Å²) in [7, 11) is 0. The number of benzene rings is 1. The highest BCUT2D eigenvalue weighted by Crippen LogP contribution is 2.11. The van der Waals surface area contributed by atoms with Crippen molar-refractivity contribution in [3.8, 4) is 0 Å². The maximum absolute atomic E-state index is 11.6. The maximum Gasteiger partial charge on any atom is 0.313 e. The minimum Gasteiger partial charge on any atom is -0.392 e. The van der Waals surface area contributed by atoms with Crippen LogP contribution < -0.4 is 16.4 Å². The summed E-state index contributed by atoms with van der Waals surface area (Å²) in [5, 5.41) is 4.84. The lowest BCUT2D eigenvalue weighted by Gasteiger charge is -2.07. The van der Waals surface area contributed by atoms with Crippen LogP contribution in [0.2, 0.25) is 0 Å². The van der Waals surface area contributed by atoms with Crippen LogP contribution in [0.3, 0.4) is 0 Å². The largest absolute Gasteiger partial charge is 0.392 e. The first-order valence-corrected chi connectivity index (χ1v) is 6.90. The SMILES string of the molecule is CCCCc1ccc(NC(=O)C(=O)NCC(N)=S)cc1. The van der Waals surface area contributed by atoms with Gasteiger partial charge < -0.3 is 16.4 Å². The first-order chi connectivity index (χ1) is 9.52. The molecular formula is C14H19N3O2S. The molecule has 0 fully saturated rings. The third-order valence-electron chi connectivity index (χ3n) is 2.66. The minimum atomic E-state index is -0.757. The van der Waals surface area contributed by atoms with Crippen molar-refractivity contribution in [3.05, 3.63) is 29.8 Å². The lowest BCUT2D eigenvalue weighted by Crippen LogP contribution is -2.39. The third kappa shape index (κ3) is 5.79. The van der Waals surface area contributed by atoms with Crippen LogP contribution in [-0.2, 0) is 16.0 Å². The molecule has 0 radical (unpaired) electrons. The number of hydrogen-bond acceptors (Lipinski definition) is 3. The zero-order valence-electron chi connectivity index (χ0n) is 11.4. The van der Waals surface area contributed by atoms with E-state index >= 15 is 0 Å². The minimum absolute atomic E-state index is 0.0115. The van der Waals surface area contributed by atoms with Crippen LogP contribution in [0.5, 0.6) is 0 Å². The van der Waals surface area contributed by atoms with Crippen molar-refractivity contribution in [3.63, 3.8) is 0 Å². The lowest BCUT2D eigenvalue weighted by molar-refractivity contribution is -0.135. The number of rotatable bonds is 6. The van der Waals surface area contributed by atoms with E-state index in [1.54, 1.807) is 12.1 Å². The molecule has 0 aliphatic rings. The Morgan fingerprint density at radius 3 is 2.40 bits per heavy atom. The summed E-state index contributed by atoms with van der Waals surface area (Å²) in [6, 6.07) is 7.45. The molecule has 0 saturated heterocycles. The van der Waals surface area contributed by atoms with E-state index in [4.69, 9.17) is 5.73 Å². The van der Waals surface area contributed by atoms with Crippen LogP contribution in [0.25, 0.3) is 0 Å². The fourth-order valence-electron chi connectivity index (χ4n) is 1.57. The summed E-state index contributed by atoms with van der Waals surface area (Å²) in [6.45, 7) is 2.15. The van der Waals surface area contributed by atoms with Crippen molar-refractivity contribution >= 4 is 34.7 Å². The molecule has 6 heteroatoms. The molecule has 20 heavy (non-hydrogen) atoms. The topological polar surface area (TPSA) is 84.2 Å². The van der Waals surface area contributed by atoms with Crippen LogP contribution in [0.4, 0.5) is 5.69 Å². The van der Waals surface area contributed by atoms with Crippen LogP contribution in [0.15, 0.2) is 24.3 Å². The molecule has 2 amide bonds. The fraction of sp³-hybridized carbons (Fsp3) is 0.357. The first kappa shape index (κ1) is 16.1. The molecule has 1 rings (SSSR count). The molecule has 1 aromatic carbocycles. The molecule has 5 nitrogen and oxygen atoms in total. The predicted molar refractivity (Wildman–Crippen MR) is 83.5 cm³/mol. The number of anilines is 1. The molecule has 0 bridgehead atoms. The van der Waals surface area contributed by atoms with E-state index in [1.165, 1.54) is 5.56 Å².